The summed E-state index contributed by atoms with van der Waals surface area (Å²) >= 11 is 1.13. The molecule has 9 heteroatoms. The lowest BCUT2D eigenvalue weighted by molar-refractivity contribution is -0.151. The molecule has 154 valence electrons. The number of esters is 1. The summed E-state index contributed by atoms with van der Waals surface area (Å²) in [7, 11) is 0. The Balaban J connectivity index is 1.29. The summed E-state index contributed by atoms with van der Waals surface area (Å²) < 4.78 is 9.95. The van der Waals surface area contributed by atoms with Crippen LogP contribution in [0.25, 0.3) is 0 Å². The molecule has 2 heterocycles. The Morgan fingerprint density at radius 3 is 2.79 bits per heavy atom. The molecule has 2 amide bonds. The van der Waals surface area contributed by atoms with Gasteiger partial charge >= 0.3 is 5.97 Å². The zero-order valence-corrected chi connectivity index (χ0v) is 17.0. The third kappa shape index (κ3) is 5.98. The van der Waals surface area contributed by atoms with E-state index in [-0.39, 0.29) is 29.9 Å². The Morgan fingerprint density at radius 1 is 1.25 bits per heavy atom. The van der Waals surface area contributed by atoms with E-state index in [0.29, 0.717) is 17.5 Å². The lowest BCUT2D eigenvalue weighted by atomic mass is 9.75. The van der Waals surface area contributed by atoms with Crippen LogP contribution in [0.3, 0.4) is 0 Å². The van der Waals surface area contributed by atoms with Gasteiger partial charge < -0.3 is 19.5 Å². The van der Waals surface area contributed by atoms with E-state index in [1.54, 1.807) is 13.0 Å². The molecule has 3 rings (SSSR count). The number of amides is 2. The Labute approximate surface area is 168 Å². The van der Waals surface area contributed by atoms with Crippen molar-refractivity contribution in [2.75, 3.05) is 36.5 Å². The fraction of sp³-hybridized carbons (Fsp3) is 0.684. The maximum absolute atomic E-state index is 12.3. The summed E-state index contributed by atoms with van der Waals surface area (Å²) in [6.45, 7) is 3.05. The third-order valence-electron chi connectivity index (χ3n) is 5.35. The molecule has 0 radical (unpaired) electrons. The first kappa shape index (κ1) is 20.7. The number of hydrogen-bond acceptors (Lipinski definition) is 7. The molecule has 1 aliphatic heterocycles. The predicted octanol–water partition coefficient (Wildman–Crippen LogP) is 2.24. The van der Waals surface area contributed by atoms with Crippen LogP contribution in [0.5, 0.6) is 0 Å². The fourth-order valence-corrected chi connectivity index (χ4v) is 4.54. The highest BCUT2D eigenvalue weighted by molar-refractivity contribution is 8.00. The van der Waals surface area contributed by atoms with Crippen LogP contribution < -0.4 is 5.32 Å². The van der Waals surface area contributed by atoms with Crippen molar-refractivity contribution in [3.05, 3.63) is 11.8 Å². The average molecular weight is 410 g/mol. The lowest BCUT2D eigenvalue weighted by Crippen LogP contribution is -2.46. The number of likely N-dealkylation sites (tertiary alicyclic amines) is 1. The van der Waals surface area contributed by atoms with Crippen LogP contribution in [0.2, 0.25) is 0 Å². The minimum absolute atomic E-state index is 0.0171. The fourth-order valence-electron chi connectivity index (χ4n) is 3.93. The van der Waals surface area contributed by atoms with Crippen molar-refractivity contribution in [2.45, 2.75) is 39.0 Å². The third-order valence-corrected chi connectivity index (χ3v) is 6.26. The molecule has 0 spiro atoms. The van der Waals surface area contributed by atoms with Gasteiger partial charge in [-0.1, -0.05) is 24.4 Å². The molecule has 1 saturated heterocycles. The normalized spacial score (nSPS) is 21.7. The number of ether oxygens (including phenoxy) is 1. The van der Waals surface area contributed by atoms with Crippen LogP contribution in [-0.4, -0.2) is 59.0 Å². The molecule has 2 aliphatic rings. The number of rotatable bonds is 7. The van der Waals surface area contributed by atoms with Gasteiger partial charge in [0.05, 0.1) is 11.5 Å². The van der Waals surface area contributed by atoms with E-state index in [9.17, 15) is 14.4 Å². The number of nitrogens with zero attached hydrogens (tertiary/aromatic N) is 2. The summed E-state index contributed by atoms with van der Waals surface area (Å²) in [5, 5.41) is 6.24. The molecule has 2 fully saturated rings. The number of hydrogen-bond donors (Lipinski definition) is 1. The van der Waals surface area contributed by atoms with E-state index < -0.39 is 5.97 Å². The highest BCUT2D eigenvalue weighted by atomic mass is 32.2. The lowest BCUT2D eigenvalue weighted by Gasteiger charge is -2.41. The maximum Gasteiger partial charge on any atom is 0.316 e. The Bertz CT molecular complexity index is 707. The zero-order valence-electron chi connectivity index (χ0n) is 16.1. The summed E-state index contributed by atoms with van der Waals surface area (Å²) in [6, 6.07) is 1.61. The highest BCUT2D eigenvalue weighted by Crippen LogP contribution is 2.36. The maximum atomic E-state index is 12.3. The first-order valence-corrected chi connectivity index (χ1v) is 10.9. The molecule has 0 unspecified atom stereocenters. The van der Waals surface area contributed by atoms with Crippen molar-refractivity contribution in [3.63, 3.8) is 0 Å². The van der Waals surface area contributed by atoms with Crippen molar-refractivity contribution in [1.29, 1.82) is 0 Å². The molecular weight excluding hydrogens is 382 g/mol. The summed E-state index contributed by atoms with van der Waals surface area (Å²) in [4.78, 5) is 37.8. The molecule has 1 aromatic heterocycles. The largest absolute Gasteiger partial charge is 0.455 e. The van der Waals surface area contributed by atoms with Crippen LogP contribution >= 0.6 is 11.8 Å². The minimum atomic E-state index is -0.490. The number of nitrogens with one attached hydrogen (secondary N) is 1. The Morgan fingerprint density at radius 2 is 2.04 bits per heavy atom. The second-order valence-electron chi connectivity index (χ2n) is 7.46. The molecule has 28 heavy (non-hydrogen) atoms. The van der Waals surface area contributed by atoms with Gasteiger partial charge in [-0.3, -0.25) is 14.4 Å². The number of thioether (sulfide) groups is 1. The van der Waals surface area contributed by atoms with Crippen LogP contribution in [0.4, 0.5) is 5.82 Å². The van der Waals surface area contributed by atoms with Crippen LogP contribution in [0.15, 0.2) is 10.6 Å². The molecule has 1 aromatic rings. The number of fused-ring (bicyclic) bond motifs is 1. The molecule has 1 aliphatic carbocycles. The van der Waals surface area contributed by atoms with Crippen molar-refractivity contribution in [2.24, 2.45) is 11.8 Å². The van der Waals surface area contributed by atoms with E-state index in [1.165, 1.54) is 25.7 Å². The number of carbonyl (C=O) groups excluding carboxylic acids is 3. The van der Waals surface area contributed by atoms with Crippen molar-refractivity contribution >= 4 is 35.4 Å². The number of anilines is 1. The zero-order chi connectivity index (χ0) is 19.9. The first-order chi connectivity index (χ1) is 13.5. The Hall–Kier alpha value is -2.03. The smallest absolute Gasteiger partial charge is 0.316 e. The second kappa shape index (κ2) is 9.95. The molecule has 1 N–H and O–H groups in total. The summed E-state index contributed by atoms with van der Waals surface area (Å²) in [5.74, 6) is 1.51. The van der Waals surface area contributed by atoms with Gasteiger partial charge in [-0.25, -0.2) is 0 Å². The van der Waals surface area contributed by atoms with E-state index in [2.05, 4.69) is 10.5 Å². The number of aromatic nitrogens is 1. The topological polar surface area (TPSA) is 102 Å². The number of carbonyl (C=O) groups is 3. The van der Waals surface area contributed by atoms with Gasteiger partial charge in [-0.15, -0.1) is 11.8 Å². The number of aryl methyl sites for hydroxylation is 1. The van der Waals surface area contributed by atoms with Gasteiger partial charge in [-0.2, -0.15) is 0 Å². The second-order valence-corrected chi connectivity index (χ2v) is 8.44. The van der Waals surface area contributed by atoms with Gasteiger partial charge in [0.1, 0.15) is 5.76 Å². The summed E-state index contributed by atoms with van der Waals surface area (Å²) in [5.41, 5.74) is 0. The average Bonchev–Trinajstić information content (AvgIpc) is 3.10. The molecular formula is C19H27N3O5S. The number of piperidine rings is 1. The van der Waals surface area contributed by atoms with E-state index in [0.717, 1.165) is 37.2 Å². The van der Waals surface area contributed by atoms with Gasteiger partial charge in [0.25, 0.3) is 5.91 Å². The summed E-state index contributed by atoms with van der Waals surface area (Å²) in [6.07, 6.45) is 6.09. The first-order valence-electron chi connectivity index (χ1n) is 9.75. The standard InChI is InChI=1S/C19H27N3O5S/c1-13-8-16(21-27-13)20-17(23)11-28-12-19(25)26-10-18(24)22-7-6-14-4-2-3-5-15(14)9-22/h8,14-15H,2-7,9-12H2,1H3,(H,20,21,23)/t14-,15+/m0/s1. The molecule has 8 nitrogen and oxygen atoms in total. The SMILES string of the molecule is Cc1cc(NC(=O)CSCC(=O)OCC(=O)N2CC[C@@H]3CCCC[C@@H]3C2)no1. The van der Waals surface area contributed by atoms with Gasteiger partial charge in [0, 0.05) is 19.2 Å². The minimum Gasteiger partial charge on any atom is -0.455 e. The van der Waals surface area contributed by atoms with Crippen molar-refractivity contribution in [1.82, 2.24) is 10.1 Å². The van der Waals surface area contributed by atoms with Crippen LogP contribution in [0.1, 0.15) is 37.9 Å². The molecule has 0 aromatic carbocycles. The van der Waals surface area contributed by atoms with Crippen LogP contribution in [0, 0.1) is 18.8 Å². The van der Waals surface area contributed by atoms with Crippen molar-refractivity contribution in [3.8, 4) is 0 Å². The van der Waals surface area contributed by atoms with E-state index >= 15 is 0 Å². The highest BCUT2D eigenvalue weighted by Gasteiger charge is 2.33. The van der Waals surface area contributed by atoms with Gasteiger partial charge in [0.2, 0.25) is 5.91 Å². The van der Waals surface area contributed by atoms with Gasteiger partial charge in [-0.05, 0) is 31.6 Å². The van der Waals surface area contributed by atoms with E-state index in [4.69, 9.17) is 9.26 Å². The van der Waals surface area contributed by atoms with Crippen molar-refractivity contribution < 1.29 is 23.6 Å². The predicted molar refractivity (Wildman–Crippen MR) is 105 cm³/mol. The quantitative estimate of drug-likeness (QED) is 0.689. The van der Waals surface area contributed by atoms with Crippen LogP contribution in [-0.2, 0) is 19.1 Å². The van der Waals surface area contributed by atoms with Gasteiger partial charge in [0.15, 0.2) is 12.4 Å². The van der Waals surface area contributed by atoms with E-state index in [1.807, 2.05) is 4.90 Å². The molecule has 2 atom stereocenters. The molecule has 1 saturated carbocycles. The molecule has 0 bridgehead atoms. The Kier molecular flexibility index (Phi) is 7.36. The monoisotopic (exact) mass is 409 g/mol.